The second-order valence-corrected chi connectivity index (χ2v) is 9.19. The Labute approximate surface area is 195 Å². The Morgan fingerprint density at radius 3 is 2.55 bits per heavy atom. The molecule has 172 valence electrons. The summed E-state index contributed by atoms with van der Waals surface area (Å²) in [5.41, 5.74) is 5.60. The zero-order chi connectivity index (χ0) is 24.0. The lowest BCUT2D eigenvalue weighted by Gasteiger charge is -2.14. The molecular weight excluding hydrogens is 470 g/mol. The van der Waals surface area contributed by atoms with Crippen molar-refractivity contribution in [2.75, 3.05) is 30.0 Å². The summed E-state index contributed by atoms with van der Waals surface area (Å²) in [6.07, 6.45) is 3.82. The van der Waals surface area contributed by atoms with Gasteiger partial charge in [-0.05, 0) is 42.5 Å². The van der Waals surface area contributed by atoms with Gasteiger partial charge in [0.1, 0.15) is 18.2 Å². The van der Waals surface area contributed by atoms with E-state index in [1.165, 1.54) is 42.7 Å². The lowest BCUT2D eigenvalue weighted by Crippen LogP contribution is -2.21. The van der Waals surface area contributed by atoms with Gasteiger partial charge in [-0.1, -0.05) is 11.6 Å². The van der Waals surface area contributed by atoms with E-state index in [1.807, 2.05) is 0 Å². The first kappa shape index (κ1) is 24.1. The Morgan fingerprint density at radius 2 is 1.88 bits per heavy atom. The summed E-state index contributed by atoms with van der Waals surface area (Å²) in [5, 5.41) is 5.60. The number of rotatable bonds is 8. The van der Waals surface area contributed by atoms with E-state index >= 15 is 0 Å². The number of halogens is 1. The summed E-state index contributed by atoms with van der Waals surface area (Å²) < 4.78 is 29.2. The van der Waals surface area contributed by atoms with Gasteiger partial charge in [-0.3, -0.25) is 9.59 Å². The van der Waals surface area contributed by atoms with Crippen LogP contribution in [0.15, 0.2) is 59.8 Å². The molecule has 10 nitrogen and oxygen atoms in total. The number of amides is 2. The van der Waals surface area contributed by atoms with Gasteiger partial charge in [0.15, 0.2) is 15.5 Å². The molecule has 2 amide bonds. The molecule has 0 saturated carbocycles. The predicted molar refractivity (Wildman–Crippen MR) is 123 cm³/mol. The third-order valence-corrected chi connectivity index (χ3v) is 5.58. The molecule has 0 atom stereocenters. The summed E-state index contributed by atoms with van der Waals surface area (Å²) in [7, 11) is -3.52. The van der Waals surface area contributed by atoms with Crippen LogP contribution in [0.2, 0.25) is 5.02 Å². The summed E-state index contributed by atoms with van der Waals surface area (Å²) in [4.78, 5) is 33.7. The third-order valence-electron chi connectivity index (χ3n) is 4.24. The molecule has 0 saturated heterocycles. The first-order chi connectivity index (χ1) is 15.7. The number of sulfone groups is 1. The number of nitrogens with one attached hydrogen (secondary N) is 2. The first-order valence-electron chi connectivity index (χ1n) is 9.55. The fourth-order valence-corrected chi connectivity index (χ4v) is 3.46. The molecule has 4 N–H and O–H groups in total. The lowest BCUT2D eigenvalue weighted by molar-refractivity contribution is 0.102. The molecule has 3 rings (SSSR count). The molecule has 3 aromatic rings. The zero-order valence-corrected chi connectivity index (χ0v) is 19.0. The molecule has 0 spiro atoms. The van der Waals surface area contributed by atoms with Crippen molar-refractivity contribution in [1.82, 2.24) is 9.97 Å². The van der Waals surface area contributed by atoms with Crippen molar-refractivity contribution < 1.29 is 22.7 Å². The number of carbonyl (C=O) groups is 2. The molecule has 2 heterocycles. The molecule has 0 fully saturated rings. The van der Waals surface area contributed by atoms with E-state index < -0.39 is 21.7 Å². The Bertz CT molecular complexity index is 1280. The van der Waals surface area contributed by atoms with E-state index in [2.05, 4.69) is 20.6 Å². The number of hydrogen-bond donors (Lipinski definition) is 3. The van der Waals surface area contributed by atoms with Crippen molar-refractivity contribution >= 4 is 44.8 Å². The Hall–Kier alpha value is -3.54. The summed E-state index contributed by atoms with van der Waals surface area (Å²) >= 11 is 5.80. The van der Waals surface area contributed by atoms with Gasteiger partial charge in [-0.15, -0.1) is 0 Å². The molecule has 0 aliphatic carbocycles. The highest BCUT2D eigenvalue weighted by molar-refractivity contribution is 7.90. The van der Waals surface area contributed by atoms with E-state index in [1.54, 1.807) is 12.1 Å². The van der Waals surface area contributed by atoms with Crippen LogP contribution >= 0.6 is 11.6 Å². The Balaban J connectivity index is 1.87. The van der Waals surface area contributed by atoms with Crippen LogP contribution in [0, 0.1) is 0 Å². The SMILES string of the molecule is CS(=O)(=O)c1ccc(C(=O)Nc2cccnc2C(=O)Nc2ccc(Cl)cn2)c(OCCN)c1. The maximum absolute atomic E-state index is 13.0. The number of hydrogen-bond acceptors (Lipinski definition) is 8. The first-order valence-corrected chi connectivity index (χ1v) is 11.8. The number of pyridine rings is 2. The normalized spacial score (nSPS) is 11.0. The van der Waals surface area contributed by atoms with Crippen LogP contribution in [0.25, 0.3) is 0 Å². The average molecular weight is 490 g/mol. The largest absolute Gasteiger partial charge is 0.491 e. The molecule has 0 aliphatic heterocycles. The van der Waals surface area contributed by atoms with Gasteiger partial charge in [-0.2, -0.15) is 0 Å². The van der Waals surface area contributed by atoms with Crippen LogP contribution in [0.5, 0.6) is 5.75 Å². The molecule has 33 heavy (non-hydrogen) atoms. The molecule has 2 aromatic heterocycles. The number of nitrogens with zero attached hydrogens (tertiary/aromatic N) is 2. The maximum Gasteiger partial charge on any atom is 0.277 e. The van der Waals surface area contributed by atoms with Crippen LogP contribution < -0.4 is 21.1 Å². The van der Waals surface area contributed by atoms with Crippen LogP contribution in [0.1, 0.15) is 20.8 Å². The predicted octanol–water partition coefficient (Wildman–Crippen LogP) is 2.38. The highest BCUT2D eigenvalue weighted by atomic mass is 35.5. The van der Waals surface area contributed by atoms with Gasteiger partial charge in [0.25, 0.3) is 11.8 Å². The highest BCUT2D eigenvalue weighted by Gasteiger charge is 2.20. The van der Waals surface area contributed by atoms with Crippen LogP contribution in [-0.2, 0) is 9.84 Å². The van der Waals surface area contributed by atoms with Crippen molar-refractivity contribution in [2.45, 2.75) is 4.90 Å². The monoisotopic (exact) mass is 489 g/mol. The molecular formula is C21H20ClN5O5S. The van der Waals surface area contributed by atoms with E-state index in [9.17, 15) is 18.0 Å². The second kappa shape index (κ2) is 10.4. The lowest BCUT2D eigenvalue weighted by atomic mass is 10.1. The molecule has 0 bridgehead atoms. The van der Waals surface area contributed by atoms with E-state index in [0.29, 0.717) is 5.02 Å². The average Bonchev–Trinajstić information content (AvgIpc) is 2.78. The second-order valence-electron chi connectivity index (χ2n) is 6.74. The Kier molecular flexibility index (Phi) is 7.59. The number of benzene rings is 1. The number of ether oxygens (including phenoxy) is 1. The third kappa shape index (κ3) is 6.25. The van der Waals surface area contributed by atoms with Gasteiger partial charge in [0.05, 0.1) is 21.2 Å². The van der Waals surface area contributed by atoms with Gasteiger partial charge < -0.3 is 21.1 Å². The topological polar surface area (TPSA) is 153 Å². The van der Waals surface area contributed by atoms with Gasteiger partial charge in [0.2, 0.25) is 0 Å². The smallest absolute Gasteiger partial charge is 0.277 e. The number of nitrogens with two attached hydrogens (primary N) is 1. The standard InChI is InChI=1S/C21H20ClN5O5S/c1-33(30,31)14-5-6-15(17(11-14)32-10-8-23)20(28)26-16-3-2-9-24-19(16)21(29)27-18-7-4-13(22)12-25-18/h2-7,9,11-12H,8,10,23H2,1H3,(H,26,28)(H,25,27,29). The van der Waals surface area contributed by atoms with Crippen molar-refractivity contribution in [2.24, 2.45) is 5.73 Å². The quantitative estimate of drug-likeness (QED) is 0.435. The van der Waals surface area contributed by atoms with Crippen molar-refractivity contribution in [3.63, 3.8) is 0 Å². The minimum absolute atomic E-state index is 0.0111. The summed E-state index contributed by atoms with van der Waals surface area (Å²) in [6.45, 7) is 0.234. The van der Waals surface area contributed by atoms with Crippen LogP contribution in [0.4, 0.5) is 11.5 Å². The minimum atomic E-state index is -3.52. The molecule has 0 unspecified atom stereocenters. The highest BCUT2D eigenvalue weighted by Crippen LogP contribution is 2.25. The number of aromatic nitrogens is 2. The molecule has 1 aromatic carbocycles. The summed E-state index contributed by atoms with van der Waals surface area (Å²) in [6, 6.07) is 10.0. The van der Waals surface area contributed by atoms with Crippen molar-refractivity contribution in [3.05, 3.63) is 71.1 Å². The van der Waals surface area contributed by atoms with Gasteiger partial charge >= 0.3 is 0 Å². The van der Waals surface area contributed by atoms with Crippen LogP contribution in [-0.4, -0.2) is 49.6 Å². The fourth-order valence-electron chi connectivity index (χ4n) is 2.71. The van der Waals surface area contributed by atoms with E-state index in [0.717, 1.165) is 6.26 Å². The van der Waals surface area contributed by atoms with Gasteiger partial charge in [0, 0.05) is 25.2 Å². The summed E-state index contributed by atoms with van der Waals surface area (Å²) in [5.74, 6) is -0.941. The minimum Gasteiger partial charge on any atom is -0.491 e. The van der Waals surface area contributed by atoms with Crippen molar-refractivity contribution in [3.8, 4) is 5.75 Å². The molecule has 0 radical (unpaired) electrons. The fraction of sp³-hybridized carbons (Fsp3) is 0.143. The maximum atomic E-state index is 13.0. The number of anilines is 2. The zero-order valence-electron chi connectivity index (χ0n) is 17.4. The van der Waals surface area contributed by atoms with Gasteiger partial charge in [-0.25, -0.2) is 18.4 Å². The van der Waals surface area contributed by atoms with Crippen molar-refractivity contribution in [1.29, 1.82) is 0 Å². The van der Waals surface area contributed by atoms with Crippen LogP contribution in [0.3, 0.4) is 0 Å². The Morgan fingerprint density at radius 1 is 1.09 bits per heavy atom. The number of carbonyl (C=O) groups excluding carboxylic acids is 2. The van der Waals surface area contributed by atoms with E-state index in [-0.39, 0.29) is 46.6 Å². The molecule has 12 heteroatoms. The molecule has 0 aliphatic rings. The van der Waals surface area contributed by atoms with E-state index in [4.69, 9.17) is 22.1 Å².